The molecule has 0 fully saturated rings. The van der Waals surface area contributed by atoms with Gasteiger partial charge in [0, 0.05) is 26.6 Å². The van der Waals surface area contributed by atoms with Crippen LogP contribution >= 0.6 is 11.3 Å². The maximum Gasteiger partial charge on any atom is 0.317 e. The van der Waals surface area contributed by atoms with Gasteiger partial charge in [-0.2, -0.15) is 11.3 Å². The Balaban J connectivity index is 1.56. The molecule has 0 unspecified atom stereocenters. The van der Waals surface area contributed by atoms with Gasteiger partial charge in [0.2, 0.25) is 0 Å². The van der Waals surface area contributed by atoms with E-state index in [2.05, 4.69) is 41.8 Å². The minimum atomic E-state index is -0.0903. The topological polar surface area (TPSA) is 66.3 Å². The van der Waals surface area contributed by atoms with Gasteiger partial charge in [0.15, 0.2) is 5.82 Å². The van der Waals surface area contributed by atoms with Crippen molar-refractivity contribution >= 4 is 17.4 Å². The van der Waals surface area contributed by atoms with Gasteiger partial charge in [0.05, 0.1) is 12.6 Å². The summed E-state index contributed by atoms with van der Waals surface area (Å²) in [7, 11) is 5.84. The molecular formula is C16H24N6OS. The second-order valence-corrected chi connectivity index (χ2v) is 7.15. The number of nitrogens with zero attached hydrogens (tertiary/aromatic N) is 5. The highest BCUT2D eigenvalue weighted by Crippen LogP contribution is 2.20. The van der Waals surface area contributed by atoms with Crippen molar-refractivity contribution in [2.45, 2.75) is 32.0 Å². The van der Waals surface area contributed by atoms with Crippen LogP contribution in [-0.4, -0.2) is 58.3 Å². The molecule has 8 heteroatoms. The number of hydrogen-bond acceptors (Lipinski definition) is 5. The predicted molar refractivity (Wildman–Crippen MR) is 94.0 cm³/mol. The molecule has 130 valence electrons. The Morgan fingerprint density at radius 2 is 2.25 bits per heavy atom. The van der Waals surface area contributed by atoms with E-state index in [-0.39, 0.29) is 12.1 Å². The number of aryl methyl sites for hydroxylation is 1. The third-order valence-corrected chi connectivity index (χ3v) is 5.11. The van der Waals surface area contributed by atoms with Gasteiger partial charge < -0.3 is 19.7 Å². The minimum Gasteiger partial charge on any atom is -0.336 e. The van der Waals surface area contributed by atoms with Crippen LogP contribution in [0.15, 0.2) is 16.8 Å². The highest BCUT2D eigenvalue weighted by Gasteiger charge is 2.21. The fraction of sp³-hybridized carbons (Fsp3) is 0.562. The molecule has 0 radical (unpaired) electrons. The fourth-order valence-electron chi connectivity index (χ4n) is 2.99. The summed E-state index contributed by atoms with van der Waals surface area (Å²) in [5, 5.41) is 15.6. The molecule has 24 heavy (non-hydrogen) atoms. The Kier molecular flexibility index (Phi) is 5.15. The van der Waals surface area contributed by atoms with Gasteiger partial charge in [0.1, 0.15) is 5.82 Å². The molecule has 0 bridgehead atoms. The second-order valence-electron chi connectivity index (χ2n) is 6.37. The van der Waals surface area contributed by atoms with Crippen LogP contribution < -0.4 is 5.32 Å². The lowest BCUT2D eigenvalue weighted by Crippen LogP contribution is -2.41. The SMILES string of the molecule is CN(Cc1nnc2n1CCC2)C(=O)NC[C@H](c1ccsc1)N(C)C. The minimum absolute atomic E-state index is 0.0903. The Hall–Kier alpha value is -1.93. The van der Waals surface area contributed by atoms with E-state index >= 15 is 0 Å². The molecule has 1 aliphatic heterocycles. The molecule has 2 amide bonds. The zero-order chi connectivity index (χ0) is 17.1. The summed E-state index contributed by atoms with van der Waals surface area (Å²) in [4.78, 5) is 16.2. The summed E-state index contributed by atoms with van der Waals surface area (Å²) in [6, 6.07) is 2.18. The Labute approximate surface area is 146 Å². The molecule has 0 saturated carbocycles. The van der Waals surface area contributed by atoms with E-state index in [0.29, 0.717) is 13.1 Å². The normalized spacial score (nSPS) is 14.7. The van der Waals surface area contributed by atoms with Crippen molar-refractivity contribution in [2.75, 3.05) is 27.7 Å². The van der Waals surface area contributed by atoms with E-state index in [1.165, 1.54) is 5.56 Å². The molecule has 7 nitrogen and oxygen atoms in total. The van der Waals surface area contributed by atoms with Gasteiger partial charge in [-0.05, 0) is 42.9 Å². The standard InChI is InChI=1S/C16H24N6OS/c1-20(2)13(12-6-8-24-11-12)9-17-16(23)21(3)10-15-19-18-14-5-4-7-22(14)15/h6,8,11,13H,4-5,7,9-10H2,1-3H3,(H,17,23)/t13-/m1/s1. The first-order valence-corrected chi connectivity index (χ1v) is 9.09. The Morgan fingerprint density at radius 1 is 1.42 bits per heavy atom. The maximum atomic E-state index is 12.4. The number of carbonyl (C=O) groups excluding carboxylic acids is 1. The molecule has 2 aromatic rings. The van der Waals surface area contributed by atoms with Crippen molar-refractivity contribution in [1.82, 2.24) is 29.9 Å². The number of fused-ring (bicyclic) bond motifs is 1. The van der Waals surface area contributed by atoms with Crippen molar-refractivity contribution in [3.05, 3.63) is 34.0 Å². The van der Waals surface area contributed by atoms with Crippen LogP contribution in [0.1, 0.15) is 29.7 Å². The first-order valence-electron chi connectivity index (χ1n) is 8.14. The highest BCUT2D eigenvalue weighted by molar-refractivity contribution is 7.07. The number of nitrogens with one attached hydrogen (secondary N) is 1. The average Bonchev–Trinajstić information content (AvgIpc) is 3.26. The summed E-state index contributed by atoms with van der Waals surface area (Å²) in [6.07, 6.45) is 2.09. The quantitative estimate of drug-likeness (QED) is 0.863. The van der Waals surface area contributed by atoms with E-state index in [1.54, 1.807) is 23.3 Å². The Morgan fingerprint density at radius 3 is 2.96 bits per heavy atom. The maximum absolute atomic E-state index is 12.4. The fourth-order valence-corrected chi connectivity index (χ4v) is 3.70. The first kappa shape index (κ1) is 16.9. The number of likely N-dealkylation sites (N-methyl/N-ethyl adjacent to an activating group) is 1. The van der Waals surface area contributed by atoms with Crippen LogP contribution in [-0.2, 0) is 19.5 Å². The van der Waals surface area contributed by atoms with Crippen molar-refractivity contribution < 1.29 is 4.79 Å². The number of aromatic nitrogens is 3. The number of urea groups is 1. The molecular weight excluding hydrogens is 324 g/mol. The van der Waals surface area contributed by atoms with Crippen molar-refractivity contribution in [2.24, 2.45) is 0 Å². The number of thiophene rings is 1. The zero-order valence-corrected chi connectivity index (χ0v) is 15.2. The van der Waals surface area contributed by atoms with E-state index in [0.717, 1.165) is 31.0 Å². The van der Waals surface area contributed by atoms with Crippen LogP contribution in [0.5, 0.6) is 0 Å². The van der Waals surface area contributed by atoms with Crippen LogP contribution in [0.25, 0.3) is 0 Å². The molecule has 3 rings (SSSR count). The van der Waals surface area contributed by atoms with E-state index < -0.39 is 0 Å². The van der Waals surface area contributed by atoms with Gasteiger partial charge in [0.25, 0.3) is 0 Å². The summed E-state index contributed by atoms with van der Waals surface area (Å²) in [5.41, 5.74) is 1.23. The van der Waals surface area contributed by atoms with Crippen LogP contribution in [0.4, 0.5) is 4.79 Å². The van der Waals surface area contributed by atoms with Crippen molar-refractivity contribution in [1.29, 1.82) is 0 Å². The molecule has 0 aliphatic carbocycles. The lowest BCUT2D eigenvalue weighted by molar-refractivity contribution is 0.199. The molecule has 1 atom stereocenters. The highest BCUT2D eigenvalue weighted by atomic mass is 32.1. The van der Waals surface area contributed by atoms with Crippen LogP contribution in [0.3, 0.4) is 0 Å². The van der Waals surface area contributed by atoms with Gasteiger partial charge in [-0.25, -0.2) is 4.79 Å². The predicted octanol–water partition coefficient (Wildman–Crippen LogP) is 1.73. The molecule has 3 heterocycles. The number of carbonyl (C=O) groups is 1. The molecule has 1 N–H and O–H groups in total. The summed E-state index contributed by atoms with van der Waals surface area (Å²) in [6.45, 7) is 2.00. The van der Waals surface area contributed by atoms with Crippen molar-refractivity contribution in [3.8, 4) is 0 Å². The molecule has 0 aromatic carbocycles. The lowest BCUT2D eigenvalue weighted by atomic mass is 10.1. The number of hydrogen-bond donors (Lipinski definition) is 1. The largest absolute Gasteiger partial charge is 0.336 e. The smallest absolute Gasteiger partial charge is 0.317 e. The third-order valence-electron chi connectivity index (χ3n) is 4.41. The third kappa shape index (κ3) is 3.59. The number of rotatable bonds is 6. The second kappa shape index (κ2) is 7.31. The molecule has 0 saturated heterocycles. The molecule has 1 aliphatic rings. The van der Waals surface area contributed by atoms with Crippen LogP contribution in [0.2, 0.25) is 0 Å². The molecule has 2 aromatic heterocycles. The van der Waals surface area contributed by atoms with Gasteiger partial charge >= 0.3 is 6.03 Å². The van der Waals surface area contributed by atoms with E-state index in [1.807, 2.05) is 14.1 Å². The molecule has 0 spiro atoms. The Bertz CT molecular complexity index is 681. The van der Waals surface area contributed by atoms with Crippen molar-refractivity contribution in [3.63, 3.8) is 0 Å². The van der Waals surface area contributed by atoms with E-state index in [4.69, 9.17) is 0 Å². The zero-order valence-electron chi connectivity index (χ0n) is 14.4. The average molecular weight is 348 g/mol. The van der Waals surface area contributed by atoms with Gasteiger partial charge in [-0.1, -0.05) is 0 Å². The summed E-state index contributed by atoms with van der Waals surface area (Å²) in [5.74, 6) is 1.89. The summed E-state index contributed by atoms with van der Waals surface area (Å²) >= 11 is 1.67. The first-order chi connectivity index (χ1) is 11.6. The lowest BCUT2D eigenvalue weighted by Gasteiger charge is -2.25. The monoisotopic (exact) mass is 348 g/mol. The summed E-state index contributed by atoms with van der Waals surface area (Å²) < 4.78 is 2.12. The van der Waals surface area contributed by atoms with Gasteiger partial charge in [-0.3, -0.25) is 0 Å². The van der Waals surface area contributed by atoms with Gasteiger partial charge in [-0.15, -0.1) is 10.2 Å². The van der Waals surface area contributed by atoms with Crippen LogP contribution in [0, 0.1) is 0 Å². The van der Waals surface area contributed by atoms with E-state index in [9.17, 15) is 4.79 Å². The number of amides is 2.